The highest BCUT2D eigenvalue weighted by Gasteiger charge is 2.26. The molecule has 2 aliphatic rings. The lowest BCUT2D eigenvalue weighted by atomic mass is 10.0. The number of piperazine rings is 1. The lowest BCUT2D eigenvalue weighted by molar-refractivity contribution is -0.135. The third-order valence-corrected chi connectivity index (χ3v) is 5.91. The van der Waals surface area contributed by atoms with Gasteiger partial charge in [-0.2, -0.15) is 0 Å². The fourth-order valence-corrected chi connectivity index (χ4v) is 4.18. The summed E-state index contributed by atoms with van der Waals surface area (Å²) in [6.45, 7) is 7.06. The molecule has 3 heterocycles. The van der Waals surface area contributed by atoms with Crippen molar-refractivity contribution < 1.29 is 4.79 Å². The summed E-state index contributed by atoms with van der Waals surface area (Å²) >= 11 is 6.02. The monoisotopic (exact) mass is 387 g/mol. The number of benzene rings is 1. The second kappa shape index (κ2) is 7.98. The number of hydrogen-bond donors (Lipinski definition) is 0. The smallest absolute Gasteiger partial charge is 0.236 e. The Morgan fingerprint density at radius 2 is 1.96 bits per heavy atom. The molecule has 1 unspecified atom stereocenters. The molecule has 0 spiro atoms. The topological polar surface area (TPSA) is 52.6 Å². The van der Waals surface area contributed by atoms with Gasteiger partial charge in [-0.3, -0.25) is 14.7 Å². The SMILES string of the molecule is CC1CCCCN1C(=O)CN1CCN(c2cnc3cc(Cl)ccc3n2)CC1. The summed E-state index contributed by atoms with van der Waals surface area (Å²) in [7, 11) is 0. The van der Waals surface area contributed by atoms with Gasteiger partial charge in [-0.1, -0.05) is 11.6 Å². The molecule has 0 aliphatic carbocycles. The summed E-state index contributed by atoms with van der Waals surface area (Å²) in [5.41, 5.74) is 1.67. The lowest BCUT2D eigenvalue weighted by Gasteiger charge is -2.38. The number of piperidine rings is 1. The highest BCUT2D eigenvalue weighted by atomic mass is 35.5. The van der Waals surface area contributed by atoms with E-state index in [1.807, 2.05) is 24.4 Å². The molecule has 1 aromatic carbocycles. The van der Waals surface area contributed by atoms with E-state index in [9.17, 15) is 4.79 Å². The highest BCUT2D eigenvalue weighted by molar-refractivity contribution is 6.31. The predicted octanol–water partition coefficient (Wildman–Crippen LogP) is 2.81. The molecule has 1 aromatic heterocycles. The summed E-state index contributed by atoms with van der Waals surface area (Å²) in [6, 6.07) is 5.96. The van der Waals surface area contributed by atoms with Crippen LogP contribution in [0, 0.1) is 0 Å². The van der Waals surface area contributed by atoms with Gasteiger partial charge in [0.15, 0.2) is 0 Å². The van der Waals surface area contributed by atoms with Crippen molar-refractivity contribution in [3.63, 3.8) is 0 Å². The number of fused-ring (bicyclic) bond motifs is 1. The Morgan fingerprint density at radius 1 is 1.15 bits per heavy atom. The first-order valence-corrected chi connectivity index (χ1v) is 10.2. The summed E-state index contributed by atoms with van der Waals surface area (Å²) in [5.74, 6) is 1.17. The number of halogens is 1. The van der Waals surface area contributed by atoms with E-state index in [0.29, 0.717) is 17.6 Å². The van der Waals surface area contributed by atoms with Crippen LogP contribution in [0.25, 0.3) is 11.0 Å². The van der Waals surface area contributed by atoms with E-state index in [-0.39, 0.29) is 5.91 Å². The number of carbonyl (C=O) groups excluding carboxylic acids is 1. The van der Waals surface area contributed by atoms with E-state index in [0.717, 1.165) is 62.4 Å². The molecule has 0 saturated carbocycles. The first-order valence-electron chi connectivity index (χ1n) is 9.79. The van der Waals surface area contributed by atoms with Gasteiger partial charge in [0.25, 0.3) is 0 Å². The van der Waals surface area contributed by atoms with E-state index >= 15 is 0 Å². The van der Waals surface area contributed by atoms with Gasteiger partial charge in [0, 0.05) is 43.8 Å². The van der Waals surface area contributed by atoms with Crippen molar-refractivity contribution in [2.45, 2.75) is 32.2 Å². The Labute approximate surface area is 165 Å². The number of carbonyl (C=O) groups is 1. The quantitative estimate of drug-likeness (QED) is 0.810. The number of likely N-dealkylation sites (tertiary alicyclic amines) is 1. The maximum Gasteiger partial charge on any atom is 0.236 e. The molecule has 2 aliphatic heterocycles. The molecule has 2 saturated heterocycles. The number of anilines is 1. The van der Waals surface area contributed by atoms with E-state index < -0.39 is 0 Å². The fourth-order valence-electron chi connectivity index (χ4n) is 4.01. The molecule has 2 fully saturated rings. The Kier molecular flexibility index (Phi) is 5.45. The predicted molar refractivity (Wildman–Crippen MR) is 108 cm³/mol. The van der Waals surface area contributed by atoms with Gasteiger partial charge in [-0.05, 0) is 44.4 Å². The van der Waals surface area contributed by atoms with Gasteiger partial charge >= 0.3 is 0 Å². The maximum atomic E-state index is 12.6. The number of aromatic nitrogens is 2. The zero-order valence-electron chi connectivity index (χ0n) is 15.8. The first-order chi connectivity index (χ1) is 13.1. The van der Waals surface area contributed by atoms with E-state index in [1.54, 1.807) is 0 Å². The van der Waals surface area contributed by atoms with Crippen molar-refractivity contribution in [3.05, 3.63) is 29.4 Å². The molecular formula is C20H26ClN5O. The minimum Gasteiger partial charge on any atom is -0.353 e. The molecule has 0 radical (unpaired) electrons. The van der Waals surface area contributed by atoms with Gasteiger partial charge in [0.2, 0.25) is 5.91 Å². The van der Waals surface area contributed by atoms with Crippen LogP contribution in [0.15, 0.2) is 24.4 Å². The van der Waals surface area contributed by atoms with Crippen molar-refractivity contribution >= 4 is 34.4 Å². The van der Waals surface area contributed by atoms with Crippen LogP contribution in [0.3, 0.4) is 0 Å². The third kappa shape index (κ3) is 4.17. The Morgan fingerprint density at radius 3 is 2.74 bits per heavy atom. The average molecular weight is 388 g/mol. The molecule has 7 heteroatoms. The summed E-state index contributed by atoms with van der Waals surface area (Å²) in [5, 5.41) is 0.672. The maximum absolute atomic E-state index is 12.6. The molecule has 27 heavy (non-hydrogen) atoms. The largest absolute Gasteiger partial charge is 0.353 e. The van der Waals surface area contributed by atoms with Gasteiger partial charge in [-0.15, -0.1) is 0 Å². The van der Waals surface area contributed by atoms with E-state index in [1.165, 1.54) is 6.42 Å². The Balaban J connectivity index is 1.34. The van der Waals surface area contributed by atoms with Crippen LogP contribution in [0.5, 0.6) is 0 Å². The van der Waals surface area contributed by atoms with E-state index in [2.05, 4.69) is 26.6 Å². The van der Waals surface area contributed by atoms with Crippen molar-refractivity contribution in [2.24, 2.45) is 0 Å². The van der Waals surface area contributed by atoms with Crippen LogP contribution in [0.1, 0.15) is 26.2 Å². The lowest BCUT2D eigenvalue weighted by Crippen LogP contribution is -2.52. The van der Waals surface area contributed by atoms with Gasteiger partial charge in [0.05, 0.1) is 23.8 Å². The van der Waals surface area contributed by atoms with Crippen LogP contribution in [-0.4, -0.2) is 71.0 Å². The van der Waals surface area contributed by atoms with Crippen molar-refractivity contribution in [1.82, 2.24) is 19.8 Å². The highest BCUT2D eigenvalue weighted by Crippen LogP contribution is 2.21. The molecule has 4 rings (SSSR count). The van der Waals surface area contributed by atoms with Gasteiger partial charge < -0.3 is 9.80 Å². The number of nitrogens with zero attached hydrogens (tertiary/aromatic N) is 5. The summed E-state index contributed by atoms with van der Waals surface area (Å²) in [6.07, 6.45) is 5.32. The Bertz CT molecular complexity index is 821. The number of hydrogen-bond acceptors (Lipinski definition) is 5. The minimum absolute atomic E-state index is 0.276. The molecule has 0 bridgehead atoms. The van der Waals surface area contributed by atoms with Crippen LogP contribution < -0.4 is 4.90 Å². The normalized spacial score (nSPS) is 21.6. The second-order valence-electron chi connectivity index (χ2n) is 7.56. The number of amides is 1. The zero-order chi connectivity index (χ0) is 18.8. The zero-order valence-corrected chi connectivity index (χ0v) is 16.5. The molecule has 2 aromatic rings. The summed E-state index contributed by atoms with van der Waals surface area (Å²) in [4.78, 5) is 28.4. The van der Waals surface area contributed by atoms with Crippen molar-refractivity contribution in [2.75, 3.05) is 44.2 Å². The standard InChI is InChI=1S/C20H26ClN5O/c1-15-4-2-3-7-26(15)20(27)14-24-8-10-25(11-9-24)19-13-22-18-12-16(21)5-6-17(18)23-19/h5-6,12-13,15H,2-4,7-11,14H2,1H3. The molecular weight excluding hydrogens is 362 g/mol. The Hall–Kier alpha value is -1.92. The summed E-state index contributed by atoms with van der Waals surface area (Å²) < 4.78 is 0. The first kappa shape index (κ1) is 18.4. The number of rotatable bonds is 3. The average Bonchev–Trinajstić information content (AvgIpc) is 2.68. The molecule has 144 valence electrons. The molecule has 0 N–H and O–H groups in total. The molecule has 6 nitrogen and oxygen atoms in total. The molecule has 1 atom stereocenters. The molecule has 1 amide bonds. The minimum atomic E-state index is 0.276. The van der Waals surface area contributed by atoms with E-state index in [4.69, 9.17) is 16.6 Å². The third-order valence-electron chi connectivity index (χ3n) is 5.67. The van der Waals surface area contributed by atoms with Gasteiger partial charge in [-0.25, -0.2) is 4.98 Å². The van der Waals surface area contributed by atoms with Crippen molar-refractivity contribution in [1.29, 1.82) is 0 Å². The van der Waals surface area contributed by atoms with Crippen LogP contribution in [0.4, 0.5) is 5.82 Å². The second-order valence-corrected chi connectivity index (χ2v) is 7.99. The van der Waals surface area contributed by atoms with Crippen LogP contribution in [-0.2, 0) is 4.79 Å². The fraction of sp³-hybridized carbons (Fsp3) is 0.550. The van der Waals surface area contributed by atoms with Crippen molar-refractivity contribution in [3.8, 4) is 0 Å². The van der Waals surface area contributed by atoms with Crippen LogP contribution >= 0.6 is 11.6 Å². The van der Waals surface area contributed by atoms with Gasteiger partial charge in [0.1, 0.15) is 5.82 Å². The van der Waals surface area contributed by atoms with Crippen LogP contribution in [0.2, 0.25) is 5.02 Å².